The molecule has 1 saturated heterocycles. The van der Waals surface area contributed by atoms with Crippen LogP contribution in [0.25, 0.3) is 0 Å². The van der Waals surface area contributed by atoms with E-state index >= 15 is 0 Å². The number of nitrogens with one attached hydrogen (secondary N) is 1. The maximum atomic E-state index is 5.55. The summed E-state index contributed by atoms with van der Waals surface area (Å²) in [6.45, 7) is 3.29. The van der Waals surface area contributed by atoms with Crippen molar-refractivity contribution in [3.63, 3.8) is 0 Å². The monoisotopic (exact) mass is 203 g/mol. The summed E-state index contributed by atoms with van der Waals surface area (Å²) in [5, 5.41) is 3.43. The standard InChI is InChI=1S/C10H21NOS/c1-13-9-7-11-6-2-4-10-5-3-8-12-10/h10-11H,2-9H2,1H3. The van der Waals surface area contributed by atoms with Crippen molar-refractivity contribution in [3.8, 4) is 0 Å². The van der Waals surface area contributed by atoms with E-state index in [1.807, 2.05) is 11.8 Å². The van der Waals surface area contributed by atoms with Crippen LogP contribution in [0.2, 0.25) is 0 Å². The van der Waals surface area contributed by atoms with E-state index in [9.17, 15) is 0 Å². The van der Waals surface area contributed by atoms with E-state index in [1.165, 1.54) is 31.4 Å². The summed E-state index contributed by atoms with van der Waals surface area (Å²) in [5.41, 5.74) is 0. The zero-order chi connectivity index (χ0) is 9.36. The predicted molar refractivity (Wildman–Crippen MR) is 59.5 cm³/mol. The molecule has 0 spiro atoms. The molecule has 0 bridgehead atoms. The zero-order valence-electron chi connectivity index (χ0n) is 8.55. The number of hydrogen-bond donors (Lipinski definition) is 1. The highest BCUT2D eigenvalue weighted by molar-refractivity contribution is 7.98. The minimum atomic E-state index is 0.572. The Morgan fingerprint density at radius 2 is 2.38 bits per heavy atom. The molecule has 1 rings (SSSR count). The smallest absolute Gasteiger partial charge is 0.0576 e. The SMILES string of the molecule is CSCCNCCCC1CCCO1. The fraction of sp³-hybridized carbons (Fsp3) is 1.00. The predicted octanol–water partition coefficient (Wildman–Crippen LogP) is 1.90. The molecule has 1 unspecified atom stereocenters. The van der Waals surface area contributed by atoms with Crippen molar-refractivity contribution in [2.45, 2.75) is 31.8 Å². The van der Waals surface area contributed by atoms with E-state index in [-0.39, 0.29) is 0 Å². The van der Waals surface area contributed by atoms with Crippen molar-refractivity contribution in [3.05, 3.63) is 0 Å². The highest BCUT2D eigenvalue weighted by Gasteiger charge is 2.13. The summed E-state index contributed by atoms with van der Waals surface area (Å²) in [7, 11) is 0. The van der Waals surface area contributed by atoms with Gasteiger partial charge in [-0.15, -0.1) is 0 Å². The van der Waals surface area contributed by atoms with Crippen LogP contribution >= 0.6 is 11.8 Å². The van der Waals surface area contributed by atoms with Crippen molar-refractivity contribution in [1.29, 1.82) is 0 Å². The topological polar surface area (TPSA) is 21.3 Å². The summed E-state index contributed by atoms with van der Waals surface area (Å²) < 4.78 is 5.55. The quantitative estimate of drug-likeness (QED) is 0.639. The molecule has 1 fully saturated rings. The molecular weight excluding hydrogens is 182 g/mol. The third-order valence-electron chi connectivity index (χ3n) is 2.39. The lowest BCUT2D eigenvalue weighted by molar-refractivity contribution is 0.102. The number of rotatable bonds is 7. The molecule has 1 aliphatic rings. The van der Waals surface area contributed by atoms with Gasteiger partial charge in [-0.2, -0.15) is 11.8 Å². The molecule has 1 atom stereocenters. The summed E-state index contributed by atoms with van der Waals surface area (Å²) >= 11 is 1.90. The Labute approximate surface area is 85.8 Å². The summed E-state index contributed by atoms with van der Waals surface area (Å²) in [6, 6.07) is 0. The van der Waals surface area contributed by atoms with Gasteiger partial charge in [-0.05, 0) is 38.5 Å². The lowest BCUT2D eigenvalue weighted by atomic mass is 10.1. The largest absolute Gasteiger partial charge is 0.378 e. The first-order chi connectivity index (χ1) is 6.43. The molecule has 0 aliphatic carbocycles. The van der Waals surface area contributed by atoms with Crippen LogP contribution in [-0.2, 0) is 4.74 Å². The van der Waals surface area contributed by atoms with Crippen molar-refractivity contribution in [2.24, 2.45) is 0 Å². The Morgan fingerprint density at radius 1 is 1.46 bits per heavy atom. The molecule has 0 amide bonds. The Kier molecular flexibility index (Phi) is 6.68. The highest BCUT2D eigenvalue weighted by Crippen LogP contribution is 2.16. The van der Waals surface area contributed by atoms with Crippen molar-refractivity contribution in [1.82, 2.24) is 5.32 Å². The third-order valence-corrected chi connectivity index (χ3v) is 3.00. The van der Waals surface area contributed by atoms with Gasteiger partial charge in [0.1, 0.15) is 0 Å². The van der Waals surface area contributed by atoms with Crippen molar-refractivity contribution < 1.29 is 4.74 Å². The second-order valence-corrected chi connectivity index (χ2v) is 4.51. The van der Waals surface area contributed by atoms with Gasteiger partial charge in [-0.25, -0.2) is 0 Å². The van der Waals surface area contributed by atoms with E-state index < -0.39 is 0 Å². The first kappa shape index (κ1) is 11.3. The maximum Gasteiger partial charge on any atom is 0.0576 e. The van der Waals surface area contributed by atoms with E-state index in [0.717, 1.165) is 19.7 Å². The van der Waals surface area contributed by atoms with Gasteiger partial charge < -0.3 is 10.1 Å². The molecule has 0 saturated carbocycles. The second-order valence-electron chi connectivity index (χ2n) is 3.52. The normalized spacial score (nSPS) is 22.4. The molecule has 1 N–H and O–H groups in total. The minimum absolute atomic E-state index is 0.572. The molecule has 13 heavy (non-hydrogen) atoms. The summed E-state index contributed by atoms with van der Waals surface area (Å²) in [6.07, 6.45) is 7.77. The molecule has 1 heterocycles. The zero-order valence-corrected chi connectivity index (χ0v) is 9.37. The van der Waals surface area contributed by atoms with Crippen LogP contribution in [0.1, 0.15) is 25.7 Å². The van der Waals surface area contributed by atoms with Crippen LogP contribution in [-0.4, -0.2) is 37.8 Å². The van der Waals surface area contributed by atoms with Crippen molar-refractivity contribution in [2.75, 3.05) is 31.7 Å². The lowest BCUT2D eigenvalue weighted by Gasteiger charge is -2.08. The molecule has 0 aromatic heterocycles. The summed E-state index contributed by atoms with van der Waals surface area (Å²) in [4.78, 5) is 0. The maximum absolute atomic E-state index is 5.55. The van der Waals surface area contributed by atoms with Crippen molar-refractivity contribution >= 4 is 11.8 Å². The minimum Gasteiger partial charge on any atom is -0.378 e. The summed E-state index contributed by atoms with van der Waals surface area (Å²) in [5.74, 6) is 1.22. The molecule has 1 aliphatic heterocycles. The fourth-order valence-corrected chi connectivity index (χ4v) is 1.97. The van der Waals surface area contributed by atoms with E-state index in [2.05, 4.69) is 11.6 Å². The molecule has 0 radical (unpaired) electrons. The van der Waals surface area contributed by atoms with Gasteiger partial charge in [0.25, 0.3) is 0 Å². The molecule has 0 aromatic carbocycles. The highest BCUT2D eigenvalue weighted by atomic mass is 32.2. The van der Waals surface area contributed by atoms with E-state index in [1.54, 1.807) is 0 Å². The molecule has 0 aromatic rings. The van der Waals surface area contributed by atoms with Crippen LogP contribution in [0.15, 0.2) is 0 Å². The third kappa shape index (κ3) is 5.55. The lowest BCUT2D eigenvalue weighted by Crippen LogP contribution is -2.19. The number of thioether (sulfide) groups is 1. The molecular formula is C10H21NOS. The Morgan fingerprint density at radius 3 is 3.08 bits per heavy atom. The Hall–Kier alpha value is 0.270. The fourth-order valence-electron chi connectivity index (χ4n) is 1.63. The average molecular weight is 203 g/mol. The van der Waals surface area contributed by atoms with Crippen LogP contribution in [0.4, 0.5) is 0 Å². The van der Waals surface area contributed by atoms with Crippen LogP contribution < -0.4 is 5.32 Å². The van der Waals surface area contributed by atoms with Crippen LogP contribution in [0.3, 0.4) is 0 Å². The second kappa shape index (κ2) is 7.65. The molecule has 78 valence electrons. The number of ether oxygens (including phenoxy) is 1. The van der Waals surface area contributed by atoms with Gasteiger partial charge in [0, 0.05) is 18.9 Å². The number of hydrogen-bond acceptors (Lipinski definition) is 3. The first-order valence-electron chi connectivity index (χ1n) is 5.24. The Bertz CT molecular complexity index is 115. The van der Waals surface area contributed by atoms with Gasteiger partial charge in [-0.1, -0.05) is 0 Å². The van der Waals surface area contributed by atoms with Crippen LogP contribution in [0, 0.1) is 0 Å². The van der Waals surface area contributed by atoms with Crippen LogP contribution in [0.5, 0.6) is 0 Å². The van der Waals surface area contributed by atoms with E-state index in [0.29, 0.717) is 6.10 Å². The van der Waals surface area contributed by atoms with E-state index in [4.69, 9.17) is 4.74 Å². The first-order valence-corrected chi connectivity index (χ1v) is 6.64. The molecule has 2 nitrogen and oxygen atoms in total. The van der Waals surface area contributed by atoms with Gasteiger partial charge in [0.15, 0.2) is 0 Å². The van der Waals surface area contributed by atoms with Gasteiger partial charge in [0.2, 0.25) is 0 Å². The van der Waals surface area contributed by atoms with Gasteiger partial charge in [0.05, 0.1) is 6.10 Å². The molecule has 3 heteroatoms. The van der Waals surface area contributed by atoms with Gasteiger partial charge >= 0.3 is 0 Å². The average Bonchev–Trinajstić information content (AvgIpc) is 2.63. The van der Waals surface area contributed by atoms with Gasteiger partial charge in [-0.3, -0.25) is 0 Å². The Balaban J connectivity index is 1.78.